The third-order valence-corrected chi connectivity index (χ3v) is 4.43. The number of anilines is 1. The molecular formula is C15H23N3O3S. The van der Waals surface area contributed by atoms with Crippen molar-refractivity contribution in [2.75, 3.05) is 12.3 Å². The van der Waals surface area contributed by atoms with E-state index in [1.807, 2.05) is 6.92 Å². The topological polar surface area (TPSA) is 86.8 Å². The zero-order valence-electron chi connectivity index (χ0n) is 13.1. The molecule has 1 heterocycles. The first-order valence-electron chi connectivity index (χ1n) is 7.69. The highest BCUT2D eigenvalue weighted by atomic mass is 32.1. The van der Waals surface area contributed by atoms with E-state index in [4.69, 9.17) is 15.3 Å². The van der Waals surface area contributed by atoms with Crippen molar-refractivity contribution in [2.45, 2.75) is 58.0 Å². The summed E-state index contributed by atoms with van der Waals surface area (Å²) in [4.78, 5) is 21.9. The highest BCUT2D eigenvalue weighted by Crippen LogP contribution is 2.30. The van der Waals surface area contributed by atoms with Crippen LogP contribution in [0.15, 0.2) is 10.5 Å². The third-order valence-electron chi connectivity index (χ3n) is 3.75. The van der Waals surface area contributed by atoms with E-state index in [1.54, 1.807) is 12.3 Å². The van der Waals surface area contributed by atoms with Crippen LogP contribution in [0.3, 0.4) is 0 Å². The van der Waals surface area contributed by atoms with Crippen LogP contribution in [0.2, 0.25) is 0 Å². The van der Waals surface area contributed by atoms with Gasteiger partial charge in [-0.15, -0.1) is 11.3 Å². The molecular weight excluding hydrogens is 302 g/mol. The maximum absolute atomic E-state index is 12.1. The van der Waals surface area contributed by atoms with E-state index in [-0.39, 0.29) is 17.9 Å². The van der Waals surface area contributed by atoms with Crippen molar-refractivity contribution in [2.24, 2.45) is 5.16 Å². The van der Waals surface area contributed by atoms with Gasteiger partial charge in [0.1, 0.15) is 11.3 Å². The Labute approximate surface area is 134 Å². The Morgan fingerprint density at radius 1 is 1.41 bits per heavy atom. The van der Waals surface area contributed by atoms with Crippen molar-refractivity contribution in [1.29, 1.82) is 0 Å². The Hall–Kier alpha value is -1.63. The summed E-state index contributed by atoms with van der Waals surface area (Å²) < 4.78 is 5.04. The number of thiazole rings is 1. The van der Waals surface area contributed by atoms with E-state index >= 15 is 0 Å². The quantitative estimate of drug-likeness (QED) is 0.389. The zero-order chi connectivity index (χ0) is 16.0. The first-order valence-corrected chi connectivity index (χ1v) is 8.57. The van der Waals surface area contributed by atoms with E-state index in [2.05, 4.69) is 10.1 Å². The molecule has 0 saturated heterocycles. The van der Waals surface area contributed by atoms with Gasteiger partial charge in [-0.25, -0.2) is 9.78 Å². The molecule has 0 unspecified atom stereocenters. The van der Waals surface area contributed by atoms with Crippen molar-refractivity contribution in [3.8, 4) is 0 Å². The molecule has 0 aromatic carbocycles. The number of carbonyl (C=O) groups is 1. The summed E-state index contributed by atoms with van der Waals surface area (Å²) in [5.41, 5.74) is 5.78. The number of nitrogen functional groups attached to an aromatic ring is 1. The van der Waals surface area contributed by atoms with Gasteiger partial charge in [0.2, 0.25) is 5.71 Å². The van der Waals surface area contributed by atoms with Gasteiger partial charge in [0.15, 0.2) is 5.13 Å². The van der Waals surface area contributed by atoms with Crippen LogP contribution in [0, 0.1) is 0 Å². The van der Waals surface area contributed by atoms with E-state index in [9.17, 15) is 4.79 Å². The molecule has 2 rings (SSSR count). The van der Waals surface area contributed by atoms with E-state index in [1.165, 1.54) is 24.2 Å². The van der Waals surface area contributed by atoms with E-state index in [0.717, 1.165) is 25.7 Å². The van der Waals surface area contributed by atoms with Gasteiger partial charge >= 0.3 is 5.97 Å². The summed E-state index contributed by atoms with van der Waals surface area (Å²) in [6, 6.07) is 0. The maximum Gasteiger partial charge on any atom is 0.362 e. The van der Waals surface area contributed by atoms with Crippen molar-refractivity contribution in [1.82, 2.24) is 4.98 Å². The molecule has 0 bridgehead atoms. The van der Waals surface area contributed by atoms with Crippen molar-refractivity contribution >= 4 is 28.1 Å². The largest absolute Gasteiger partial charge is 0.461 e. The highest BCUT2D eigenvalue weighted by Gasteiger charge is 2.29. The van der Waals surface area contributed by atoms with Gasteiger partial charge in [0.25, 0.3) is 0 Å². The molecule has 1 aliphatic rings. The van der Waals surface area contributed by atoms with Gasteiger partial charge in [0, 0.05) is 5.38 Å². The van der Waals surface area contributed by atoms with E-state index < -0.39 is 5.97 Å². The fourth-order valence-electron chi connectivity index (χ4n) is 2.51. The summed E-state index contributed by atoms with van der Waals surface area (Å²) in [5.74, 6) is -0.537. The first-order chi connectivity index (χ1) is 10.5. The van der Waals surface area contributed by atoms with Crippen LogP contribution in [-0.4, -0.2) is 28.9 Å². The molecule has 1 fully saturated rings. The lowest BCUT2D eigenvalue weighted by molar-refractivity contribution is -0.135. The van der Waals surface area contributed by atoms with Gasteiger partial charge in [-0.2, -0.15) is 0 Å². The van der Waals surface area contributed by atoms with Crippen molar-refractivity contribution < 1.29 is 14.4 Å². The van der Waals surface area contributed by atoms with Crippen molar-refractivity contribution in [3.63, 3.8) is 0 Å². The lowest BCUT2D eigenvalue weighted by Gasteiger charge is -2.25. The van der Waals surface area contributed by atoms with Gasteiger partial charge in [-0.3, -0.25) is 0 Å². The molecule has 2 N–H and O–H groups in total. The summed E-state index contributed by atoms with van der Waals surface area (Å²) in [6.07, 6.45) is 6.54. The van der Waals surface area contributed by atoms with Gasteiger partial charge in [-0.05, 0) is 39.5 Å². The van der Waals surface area contributed by atoms with Crippen LogP contribution < -0.4 is 5.73 Å². The molecule has 122 valence electrons. The van der Waals surface area contributed by atoms with Gasteiger partial charge in [-0.1, -0.05) is 18.0 Å². The third kappa shape index (κ3) is 4.43. The van der Waals surface area contributed by atoms with Crippen LogP contribution in [0.25, 0.3) is 0 Å². The van der Waals surface area contributed by atoms with Crippen LogP contribution in [-0.2, 0) is 14.4 Å². The summed E-state index contributed by atoms with van der Waals surface area (Å²) >= 11 is 1.25. The molecule has 0 atom stereocenters. The molecule has 1 saturated carbocycles. The number of aromatic nitrogens is 1. The molecule has 0 spiro atoms. The summed E-state index contributed by atoms with van der Waals surface area (Å²) in [5, 5.41) is 6.16. The number of nitrogens with zero attached hydrogens (tertiary/aromatic N) is 2. The smallest absolute Gasteiger partial charge is 0.362 e. The molecule has 1 aliphatic carbocycles. The molecule has 7 heteroatoms. The average Bonchev–Trinajstić information content (AvgIpc) is 2.77. The van der Waals surface area contributed by atoms with Crippen LogP contribution >= 0.6 is 11.3 Å². The fourth-order valence-corrected chi connectivity index (χ4v) is 3.06. The Kier molecular flexibility index (Phi) is 5.76. The molecule has 1 aromatic heterocycles. The average molecular weight is 325 g/mol. The highest BCUT2D eigenvalue weighted by molar-refractivity contribution is 7.13. The Morgan fingerprint density at radius 3 is 2.64 bits per heavy atom. The molecule has 22 heavy (non-hydrogen) atoms. The molecule has 1 aromatic rings. The van der Waals surface area contributed by atoms with Crippen LogP contribution in [0.4, 0.5) is 5.13 Å². The molecule has 0 radical (unpaired) electrons. The number of oxime groups is 1. The van der Waals surface area contributed by atoms with Gasteiger partial charge < -0.3 is 15.3 Å². The zero-order valence-corrected chi connectivity index (χ0v) is 13.9. The van der Waals surface area contributed by atoms with E-state index in [0.29, 0.717) is 10.8 Å². The summed E-state index contributed by atoms with van der Waals surface area (Å²) in [6.45, 7) is 4.06. The molecule has 6 nitrogen and oxygen atoms in total. The number of hydrogen-bond donors (Lipinski definition) is 1. The standard InChI is InChI=1S/C15H23N3O3S/c1-3-20-13(19)12(11-10-22-14(16)17-11)18-21-15(2)8-6-4-5-7-9-15/h10H,3-9H2,1-2H3,(H2,16,17)/b18-12-. The Bertz CT molecular complexity index is 534. The minimum Gasteiger partial charge on any atom is -0.461 e. The van der Waals surface area contributed by atoms with Gasteiger partial charge in [0.05, 0.1) is 6.61 Å². The number of hydrogen-bond acceptors (Lipinski definition) is 7. The number of ether oxygens (including phenoxy) is 1. The number of nitrogens with two attached hydrogens (primary N) is 1. The summed E-state index contributed by atoms with van der Waals surface area (Å²) in [7, 11) is 0. The minimum atomic E-state index is -0.537. The normalized spacial score (nSPS) is 18.5. The van der Waals surface area contributed by atoms with Crippen molar-refractivity contribution in [3.05, 3.63) is 11.1 Å². The second-order valence-electron chi connectivity index (χ2n) is 5.69. The number of esters is 1. The van der Waals surface area contributed by atoms with Crippen LogP contribution in [0.5, 0.6) is 0 Å². The Balaban J connectivity index is 2.18. The predicted octanol–water partition coefficient (Wildman–Crippen LogP) is 3.12. The second kappa shape index (κ2) is 7.58. The lowest BCUT2D eigenvalue weighted by Crippen LogP contribution is -2.28. The molecule has 0 aliphatic heterocycles. The number of carbonyl (C=O) groups excluding carboxylic acids is 1. The Morgan fingerprint density at radius 2 is 2.09 bits per heavy atom. The second-order valence-corrected chi connectivity index (χ2v) is 6.58. The maximum atomic E-state index is 12.1. The molecule has 0 amide bonds. The number of rotatable bonds is 5. The monoisotopic (exact) mass is 325 g/mol. The fraction of sp³-hybridized carbons (Fsp3) is 0.667. The predicted molar refractivity (Wildman–Crippen MR) is 86.9 cm³/mol. The van der Waals surface area contributed by atoms with Crippen LogP contribution in [0.1, 0.15) is 58.1 Å². The first kappa shape index (κ1) is 16.7. The lowest BCUT2D eigenvalue weighted by atomic mass is 9.97. The SMILES string of the molecule is CCOC(=O)/C(=N\OC1(C)CCCCCC1)c1csc(N)n1. The minimum absolute atomic E-state index is 0.0836.